The second-order valence-corrected chi connectivity index (χ2v) is 4.74. The lowest BCUT2D eigenvalue weighted by atomic mass is 10.1. The number of benzene rings is 2. The molecule has 0 unspecified atom stereocenters. The summed E-state index contributed by atoms with van der Waals surface area (Å²) in [6, 6.07) is 10.7. The zero-order chi connectivity index (χ0) is 14.7. The maximum atomic E-state index is 13.8. The molecule has 2 rings (SSSR count). The van der Waals surface area contributed by atoms with Crippen molar-refractivity contribution in [1.82, 2.24) is 0 Å². The number of hydrogen-bond acceptors (Lipinski definition) is 3. The minimum absolute atomic E-state index is 0.142. The molecular weight excluding hydrogens is 328 g/mol. The molecule has 0 saturated heterocycles. The summed E-state index contributed by atoms with van der Waals surface area (Å²) in [7, 11) is 0. The standard InChI is InChI=1S/C14H6BrF2N3/c15-10-3-1-8(6-18)12(5-10)20-11-4-2-9(7-19)13(16)14(11)17/h1-5,20H. The number of hydrogen-bond donors (Lipinski definition) is 1. The van der Waals surface area contributed by atoms with Crippen LogP contribution in [0.2, 0.25) is 0 Å². The molecule has 0 fully saturated rings. The predicted molar refractivity (Wildman–Crippen MR) is 73.2 cm³/mol. The summed E-state index contributed by atoms with van der Waals surface area (Å²) in [6.45, 7) is 0. The fourth-order valence-corrected chi connectivity index (χ4v) is 1.96. The van der Waals surface area contributed by atoms with Crippen LogP contribution in [-0.4, -0.2) is 0 Å². The number of nitriles is 2. The maximum absolute atomic E-state index is 13.8. The third-order valence-corrected chi connectivity index (χ3v) is 3.07. The smallest absolute Gasteiger partial charge is 0.183 e. The zero-order valence-corrected chi connectivity index (χ0v) is 11.5. The van der Waals surface area contributed by atoms with Crippen LogP contribution in [0.4, 0.5) is 20.2 Å². The van der Waals surface area contributed by atoms with Crippen LogP contribution >= 0.6 is 15.9 Å². The second-order valence-electron chi connectivity index (χ2n) is 3.83. The number of anilines is 2. The molecule has 0 atom stereocenters. The molecule has 3 nitrogen and oxygen atoms in total. The quantitative estimate of drug-likeness (QED) is 0.895. The van der Waals surface area contributed by atoms with Gasteiger partial charge in [-0.1, -0.05) is 15.9 Å². The first-order valence-corrected chi connectivity index (χ1v) is 6.21. The van der Waals surface area contributed by atoms with Crippen molar-refractivity contribution in [3.8, 4) is 12.1 Å². The maximum Gasteiger partial charge on any atom is 0.183 e. The number of halogens is 3. The van der Waals surface area contributed by atoms with Crippen molar-refractivity contribution < 1.29 is 8.78 Å². The largest absolute Gasteiger partial charge is 0.352 e. The summed E-state index contributed by atoms with van der Waals surface area (Å²) < 4.78 is 28.0. The minimum atomic E-state index is -1.22. The molecule has 2 aromatic carbocycles. The van der Waals surface area contributed by atoms with Crippen molar-refractivity contribution in [3.05, 3.63) is 57.6 Å². The highest BCUT2D eigenvalue weighted by Gasteiger charge is 2.14. The van der Waals surface area contributed by atoms with Crippen LogP contribution in [0.5, 0.6) is 0 Å². The Bertz CT molecular complexity index is 760. The van der Waals surface area contributed by atoms with E-state index in [-0.39, 0.29) is 16.8 Å². The van der Waals surface area contributed by atoms with E-state index in [9.17, 15) is 8.78 Å². The molecule has 0 spiro atoms. The molecule has 0 bridgehead atoms. The van der Waals surface area contributed by atoms with E-state index in [2.05, 4.69) is 21.2 Å². The Morgan fingerprint density at radius 2 is 1.55 bits per heavy atom. The molecule has 1 N–H and O–H groups in total. The van der Waals surface area contributed by atoms with E-state index in [0.29, 0.717) is 10.2 Å². The molecule has 0 saturated carbocycles. The van der Waals surface area contributed by atoms with E-state index in [1.807, 2.05) is 6.07 Å². The first kappa shape index (κ1) is 14.0. The fourth-order valence-electron chi connectivity index (χ4n) is 1.59. The molecule has 20 heavy (non-hydrogen) atoms. The van der Waals surface area contributed by atoms with Crippen molar-refractivity contribution >= 4 is 27.3 Å². The van der Waals surface area contributed by atoms with Gasteiger partial charge in [0.25, 0.3) is 0 Å². The summed E-state index contributed by atoms with van der Waals surface area (Å²) in [4.78, 5) is 0. The lowest BCUT2D eigenvalue weighted by Gasteiger charge is -2.10. The molecule has 0 radical (unpaired) electrons. The molecule has 0 aliphatic rings. The molecule has 0 aromatic heterocycles. The summed E-state index contributed by atoms with van der Waals surface area (Å²) in [5.41, 5.74) is 0.112. The van der Waals surface area contributed by atoms with Crippen LogP contribution < -0.4 is 5.32 Å². The lowest BCUT2D eigenvalue weighted by molar-refractivity contribution is 0.509. The number of nitrogens with one attached hydrogen (secondary N) is 1. The fraction of sp³-hybridized carbons (Fsp3) is 0. The predicted octanol–water partition coefficient (Wildman–Crippen LogP) is 4.21. The normalized spacial score (nSPS) is 9.65. The van der Waals surface area contributed by atoms with E-state index >= 15 is 0 Å². The summed E-state index contributed by atoms with van der Waals surface area (Å²) in [5.74, 6) is -2.38. The van der Waals surface area contributed by atoms with E-state index in [1.165, 1.54) is 12.1 Å². The van der Waals surface area contributed by atoms with Crippen LogP contribution in [0.25, 0.3) is 0 Å². The Balaban J connectivity index is 2.47. The number of nitrogens with zero attached hydrogens (tertiary/aromatic N) is 2. The molecule has 6 heteroatoms. The van der Waals surface area contributed by atoms with Gasteiger partial charge < -0.3 is 5.32 Å². The molecule has 0 aliphatic carbocycles. The van der Waals surface area contributed by atoms with Gasteiger partial charge in [0.2, 0.25) is 0 Å². The van der Waals surface area contributed by atoms with Gasteiger partial charge >= 0.3 is 0 Å². The Morgan fingerprint density at radius 1 is 0.900 bits per heavy atom. The first-order valence-electron chi connectivity index (χ1n) is 5.41. The second kappa shape index (κ2) is 5.68. The average Bonchev–Trinajstić information content (AvgIpc) is 2.44. The Labute approximate surface area is 122 Å². The van der Waals surface area contributed by atoms with Crippen LogP contribution in [0.15, 0.2) is 34.8 Å². The molecule has 2 aromatic rings. The van der Waals surface area contributed by atoms with E-state index in [0.717, 1.165) is 0 Å². The molecule has 0 aliphatic heterocycles. The minimum Gasteiger partial charge on any atom is -0.352 e. The SMILES string of the molecule is N#Cc1ccc(Br)cc1Nc1ccc(C#N)c(F)c1F. The van der Waals surface area contributed by atoms with Gasteiger partial charge in [-0.2, -0.15) is 10.5 Å². The zero-order valence-electron chi connectivity index (χ0n) is 9.92. The van der Waals surface area contributed by atoms with Gasteiger partial charge in [0, 0.05) is 4.47 Å². The third-order valence-electron chi connectivity index (χ3n) is 2.57. The van der Waals surface area contributed by atoms with Crippen LogP contribution in [-0.2, 0) is 0 Å². The van der Waals surface area contributed by atoms with Gasteiger partial charge in [-0.25, -0.2) is 8.78 Å². The van der Waals surface area contributed by atoms with Gasteiger partial charge in [0.05, 0.1) is 22.5 Å². The highest BCUT2D eigenvalue weighted by Crippen LogP contribution is 2.27. The van der Waals surface area contributed by atoms with Crippen LogP contribution in [0.3, 0.4) is 0 Å². The lowest BCUT2D eigenvalue weighted by Crippen LogP contribution is -2.00. The summed E-state index contributed by atoms with van der Waals surface area (Å²) in [5, 5.41) is 20.2. The topological polar surface area (TPSA) is 59.6 Å². The summed E-state index contributed by atoms with van der Waals surface area (Å²) in [6.07, 6.45) is 0. The van der Waals surface area contributed by atoms with Gasteiger partial charge in [-0.05, 0) is 30.3 Å². The van der Waals surface area contributed by atoms with Crippen LogP contribution in [0.1, 0.15) is 11.1 Å². The van der Waals surface area contributed by atoms with Crippen molar-refractivity contribution in [2.75, 3.05) is 5.32 Å². The van der Waals surface area contributed by atoms with Crippen LogP contribution in [0, 0.1) is 34.3 Å². The van der Waals surface area contributed by atoms with E-state index in [1.54, 1.807) is 24.3 Å². The highest BCUT2D eigenvalue weighted by atomic mass is 79.9. The molecule has 98 valence electrons. The van der Waals surface area contributed by atoms with Crippen molar-refractivity contribution in [2.45, 2.75) is 0 Å². The Hall–Kier alpha value is -2.44. The molecule has 0 amide bonds. The molecular formula is C14H6BrF2N3. The monoisotopic (exact) mass is 333 g/mol. The van der Waals surface area contributed by atoms with Crippen molar-refractivity contribution in [1.29, 1.82) is 10.5 Å². The van der Waals surface area contributed by atoms with Crippen molar-refractivity contribution in [3.63, 3.8) is 0 Å². The first-order chi connectivity index (χ1) is 9.56. The van der Waals surface area contributed by atoms with Gasteiger partial charge in [0.15, 0.2) is 11.6 Å². The van der Waals surface area contributed by atoms with E-state index < -0.39 is 11.6 Å². The average molecular weight is 334 g/mol. The van der Waals surface area contributed by atoms with Gasteiger partial charge in [-0.15, -0.1) is 0 Å². The number of rotatable bonds is 2. The van der Waals surface area contributed by atoms with Crippen molar-refractivity contribution in [2.24, 2.45) is 0 Å². The summed E-state index contributed by atoms with van der Waals surface area (Å²) >= 11 is 3.23. The Kier molecular flexibility index (Phi) is 3.97. The van der Waals surface area contributed by atoms with Gasteiger partial charge in [0.1, 0.15) is 12.1 Å². The Morgan fingerprint density at radius 3 is 2.20 bits per heavy atom. The third kappa shape index (κ3) is 2.61. The van der Waals surface area contributed by atoms with Gasteiger partial charge in [-0.3, -0.25) is 0 Å². The highest BCUT2D eigenvalue weighted by molar-refractivity contribution is 9.10. The van der Waals surface area contributed by atoms with E-state index in [4.69, 9.17) is 10.5 Å². The molecule has 0 heterocycles.